The minimum absolute atomic E-state index is 0.351. The van der Waals surface area contributed by atoms with Crippen molar-refractivity contribution in [2.45, 2.75) is 30.1 Å². The summed E-state index contributed by atoms with van der Waals surface area (Å²) in [6.45, 7) is 1.86. The second kappa shape index (κ2) is 8.77. The molecule has 0 bridgehead atoms. The maximum atomic E-state index is 12.9. The monoisotopic (exact) mass is 423 g/mol. The quantitative estimate of drug-likeness (QED) is 0.484. The first-order valence-corrected chi connectivity index (χ1v) is 9.75. The van der Waals surface area contributed by atoms with Crippen LogP contribution in [0.25, 0.3) is 0 Å². The van der Waals surface area contributed by atoms with Gasteiger partial charge in [0.2, 0.25) is 0 Å². The van der Waals surface area contributed by atoms with Gasteiger partial charge < -0.3 is 14.0 Å². The molecule has 9 heteroatoms. The summed E-state index contributed by atoms with van der Waals surface area (Å²) >= 11 is 1.32. The number of rotatable bonds is 7. The molecule has 0 amide bonds. The smallest absolute Gasteiger partial charge is 0.416 e. The van der Waals surface area contributed by atoms with E-state index in [1.54, 1.807) is 49.1 Å². The van der Waals surface area contributed by atoms with E-state index >= 15 is 0 Å². The van der Waals surface area contributed by atoms with E-state index in [2.05, 4.69) is 10.2 Å². The minimum atomic E-state index is -4.35. The lowest BCUT2D eigenvalue weighted by Crippen LogP contribution is -2.10. The average Bonchev–Trinajstić information content (AvgIpc) is 3.07. The molecule has 0 spiro atoms. The van der Waals surface area contributed by atoms with Crippen LogP contribution in [0.15, 0.2) is 53.7 Å². The first kappa shape index (κ1) is 21.0. The van der Waals surface area contributed by atoms with Gasteiger partial charge in [0.1, 0.15) is 11.5 Å². The molecule has 1 atom stereocenters. The summed E-state index contributed by atoms with van der Waals surface area (Å²) < 4.78 is 51.4. The fourth-order valence-corrected chi connectivity index (χ4v) is 3.56. The molecule has 0 radical (unpaired) electrons. The number of nitrogens with zero attached hydrogens (tertiary/aromatic N) is 3. The lowest BCUT2D eigenvalue weighted by atomic mass is 10.1. The van der Waals surface area contributed by atoms with Crippen molar-refractivity contribution >= 4 is 11.8 Å². The molecule has 1 unspecified atom stereocenters. The van der Waals surface area contributed by atoms with Gasteiger partial charge in [-0.1, -0.05) is 30.0 Å². The predicted octanol–water partition coefficient (Wildman–Crippen LogP) is 5.27. The van der Waals surface area contributed by atoms with Crippen molar-refractivity contribution in [3.63, 3.8) is 0 Å². The fourth-order valence-electron chi connectivity index (χ4n) is 2.70. The standard InChI is InChI=1S/C20H20F3N3O2S/c1-13(28-17-9-7-16(27-3)8-10-17)18-24-25-19(26(18)2)29-12-14-5-4-6-15(11-14)20(21,22)23/h4-11,13H,12H2,1-3H3. The second-order valence-electron chi connectivity index (χ2n) is 6.32. The summed E-state index contributed by atoms with van der Waals surface area (Å²) in [6.07, 6.45) is -4.71. The van der Waals surface area contributed by atoms with Crippen molar-refractivity contribution in [3.8, 4) is 11.5 Å². The summed E-state index contributed by atoms with van der Waals surface area (Å²) in [5.74, 6) is 2.37. The van der Waals surface area contributed by atoms with E-state index in [0.29, 0.717) is 28.0 Å². The molecule has 0 aliphatic rings. The minimum Gasteiger partial charge on any atom is -0.497 e. The van der Waals surface area contributed by atoms with Crippen LogP contribution in [0.1, 0.15) is 30.0 Å². The van der Waals surface area contributed by atoms with Gasteiger partial charge in [-0.25, -0.2) is 0 Å². The van der Waals surface area contributed by atoms with Crippen LogP contribution in [0.2, 0.25) is 0 Å². The lowest BCUT2D eigenvalue weighted by Gasteiger charge is -2.14. The summed E-state index contributed by atoms with van der Waals surface area (Å²) in [5, 5.41) is 8.92. The summed E-state index contributed by atoms with van der Waals surface area (Å²) in [6, 6.07) is 12.5. The predicted molar refractivity (Wildman–Crippen MR) is 104 cm³/mol. The molecule has 0 aliphatic carbocycles. The number of benzene rings is 2. The Morgan fingerprint density at radius 1 is 1.07 bits per heavy atom. The largest absolute Gasteiger partial charge is 0.497 e. The Kier molecular flexibility index (Phi) is 6.36. The molecule has 0 N–H and O–H groups in total. The van der Waals surface area contributed by atoms with Gasteiger partial charge in [0.05, 0.1) is 12.7 Å². The topological polar surface area (TPSA) is 49.2 Å². The Morgan fingerprint density at radius 2 is 1.76 bits per heavy atom. The highest BCUT2D eigenvalue weighted by atomic mass is 32.2. The Balaban J connectivity index is 1.65. The number of aromatic nitrogens is 3. The Labute approximate surface area is 170 Å². The lowest BCUT2D eigenvalue weighted by molar-refractivity contribution is -0.137. The van der Waals surface area contributed by atoms with Crippen LogP contribution < -0.4 is 9.47 Å². The van der Waals surface area contributed by atoms with Crippen molar-refractivity contribution in [2.75, 3.05) is 7.11 Å². The van der Waals surface area contributed by atoms with Crippen molar-refractivity contribution in [2.24, 2.45) is 7.05 Å². The van der Waals surface area contributed by atoms with Crippen molar-refractivity contribution in [1.82, 2.24) is 14.8 Å². The maximum absolute atomic E-state index is 12.9. The van der Waals surface area contributed by atoms with Crippen molar-refractivity contribution in [3.05, 3.63) is 65.5 Å². The van der Waals surface area contributed by atoms with Gasteiger partial charge in [-0.15, -0.1) is 10.2 Å². The highest BCUT2D eigenvalue weighted by Crippen LogP contribution is 2.31. The van der Waals surface area contributed by atoms with E-state index in [-0.39, 0.29) is 6.10 Å². The van der Waals surface area contributed by atoms with Crippen LogP contribution >= 0.6 is 11.8 Å². The van der Waals surface area contributed by atoms with Crippen LogP contribution in [0, 0.1) is 0 Å². The third-order valence-electron chi connectivity index (χ3n) is 4.23. The molecule has 0 saturated carbocycles. The first-order valence-electron chi connectivity index (χ1n) is 8.77. The first-order chi connectivity index (χ1) is 13.8. The van der Waals surface area contributed by atoms with E-state index < -0.39 is 11.7 Å². The molecule has 29 heavy (non-hydrogen) atoms. The molecule has 1 heterocycles. The number of hydrogen-bond donors (Lipinski definition) is 0. The Morgan fingerprint density at radius 3 is 2.41 bits per heavy atom. The number of halogens is 3. The summed E-state index contributed by atoms with van der Waals surface area (Å²) in [4.78, 5) is 0. The van der Waals surface area contributed by atoms with Gasteiger partial charge in [-0.3, -0.25) is 0 Å². The molecule has 3 aromatic rings. The van der Waals surface area contributed by atoms with E-state index in [1.165, 1.54) is 17.8 Å². The SMILES string of the molecule is COc1ccc(OC(C)c2nnc(SCc3cccc(C(F)(F)F)c3)n2C)cc1. The van der Waals surface area contributed by atoms with Gasteiger partial charge in [0.25, 0.3) is 0 Å². The molecule has 154 valence electrons. The zero-order chi connectivity index (χ0) is 21.0. The Hall–Kier alpha value is -2.68. The second-order valence-corrected chi connectivity index (χ2v) is 7.26. The fraction of sp³-hybridized carbons (Fsp3) is 0.300. The number of ether oxygens (including phenoxy) is 2. The van der Waals surface area contributed by atoms with Crippen LogP contribution in [-0.2, 0) is 19.0 Å². The molecular weight excluding hydrogens is 403 g/mol. The van der Waals surface area contributed by atoms with E-state index in [0.717, 1.165) is 17.9 Å². The van der Waals surface area contributed by atoms with E-state index in [4.69, 9.17) is 9.47 Å². The highest BCUT2D eigenvalue weighted by molar-refractivity contribution is 7.98. The van der Waals surface area contributed by atoms with Gasteiger partial charge >= 0.3 is 6.18 Å². The maximum Gasteiger partial charge on any atom is 0.416 e. The molecule has 3 rings (SSSR count). The Bertz CT molecular complexity index is 958. The van der Waals surface area contributed by atoms with Crippen LogP contribution in [0.4, 0.5) is 13.2 Å². The molecule has 5 nitrogen and oxygen atoms in total. The third kappa shape index (κ3) is 5.23. The molecular formula is C20H20F3N3O2S. The molecule has 0 saturated heterocycles. The number of methoxy groups -OCH3 is 1. The number of alkyl halides is 3. The van der Waals surface area contributed by atoms with Crippen LogP contribution in [0.3, 0.4) is 0 Å². The van der Waals surface area contributed by atoms with Crippen LogP contribution in [0.5, 0.6) is 11.5 Å². The third-order valence-corrected chi connectivity index (χ3v) is 5.32. The van der Waals surface area contributed by atoms with E-state index in [9.17, 15) is 13.2 Å². The molecule has 1 aromatic heterocycles. The average molecular weight is 423 g/mol. The van der Waals surface area contributed by atoms with Gasteiger partial charge in [-0.05, 0) is 42.8 Å². The number of thioether (sulfide) groups is 1. The zero-order valence-electron chi connectivity index (χ0n) is 16.1. The summed E-state index contributed by atoms with van der Waals surface area (Å²) in [7, 11) is 3.40. The van der Waals surface area contributed by atoms with E-state index in [1.807, 2.05) is 6.92 Å². The van der Waals surface area contributed by atoms with Gasteiger partial charge in [0.15, 0.2) is 17.1 Å². The normalized spacial score (nSPS) is 12.6. The highest BCUT2D eigenvalue weighted by Gasteiger charge is 2.30. The van der Waals surface area contributed by atoms with Crippen molar-refractivity contribution < 1.29 is 22.6 Å². The summed E-state index contributed by atoms with van der Waals surface area (Å²) in [5.41, 5.74) is -0.0901. The molecule has 2 aromatic carbocycles. The molecule has 0 fully saturated rings. The molecule has 0 aliphatic heterocycles. The number of hydrogen-bond acceptors (Lipinski definition) is 5. The van der Waals surface area contributed by atoms with Crippen molar-refractivity contribution in [1.29, 1.82) is 0 Å². The van der Waals surface area contributed by atoms with Gasteiger partial charge in [-0.2, -0.15) is 13.2 Å². The van der Waals surface area contributed by atoms with Crippen LogP contribution in [-0.4, -0.2) is 21.9 Å². The van der Waals surface area contributed by atoms with Gasteiger partial charge in [0, 0.05) is 12.8 Å². The zero-order valence-corrected chi connectivity index (χ0v) is 16.9.